The van der Waals surface area contributed by atoms with Gasteiger partial charge in [0.25, 0.3) is 0 Å². The third-order valence-corrected chi connectivity index (χ3v) is 3.02. The first-order valence-corrected chi connectivity index (χ1v) is 5.56. The molecule has 0 spiro atoms. The minimum Gasteiger partial charge on any atom is -0.369 e. The molecule has 0 aliphatic rings. The largest absolute Gasteiger partial charge is 0.369 e. The Bertz CT molecular complexity index is 716. The summed E-state index contributed by atoms with van der Waals surface area (Å²) in [7, 11) is 3.78. The zero-order valence-corrected chi connectivity index (χ0v) is 10.5. The fraction of sp³-hybridized carbons (Fsp3) is 0.400. The predicted molar refractivity (Wildman–Crippen MR) is 65.8 cm³/mol. The highest BCUT2D eigenvalue weighted by Gasteiger charge is 2.16. The van der Waals surface area contributed by atoms with E-state index in [1.165, 1.54) is 0 Å². The van der Waals surface area contributed by atoms with Gasteiger partial charge in [-0.3, -0.25) is 9.25 Å². The summed E-state index contributed by atoms with van der Waals surface area (Å²) in [6.07, 6.45) is 1.66. The molecule has 0 aliphatic carbocycles. The summed E-state index contributed by atoms with van der Waals surface area (Å²) in [5.74, 6) is 1.28. The summed E-state index contributed by atoms with van der Waals surface area (Å²) in [6, 6.07) is 0. The van der Waals surface area contributed by atoms with Gasteiger partial charge in [-0.05, 0) is 6.92 Å². The highest BCUT2D eigenvalue weighted by Crippen LogP contribution is 2.20. The van der Waals surface area contributed by atoms with Crippen molar-refractivity contribution in [1.29, 1.82) is 0 Å². The van der Waals surface area contributed by atoms with Crippen LogP contribution in [0.5, 0.6) is 0 Å². The van der Waals surface area contributed by atoms with Crippen LogP contribution >= 0.6 is 0 Å². The van der Waals surface area contributed by atoms with Crippen molar-refractivity contribution in [3.05, 3.63) is 17.8 Å². The van der Waals surface area contributed by atoms with Crippen LogP contribution in [0.15, 0.2) is 6.33 Å². The van der Waals surface area contributed by atoms with Crippen LogP contribution in [0.3, 0.4) is 0 Å². The van der Waals surface area contributed by atoms with E-state index >= 15 is 0 Å². The van der Waals surface area contributed by atoms with Gasteiger partial charge in [0, 0.05) is 14.1 Å². The Labute approximate surface area is 103 Å². The van der Waals surface area contributed by atoms with Gasteiger partial charge in [-0.25, -0.2) is 4.98 Å². The van der Waals surface area contributed by atoms with Crippen LogP contribution in [-0.4, -0.2) is 34.1 Å². The van der Waals surface area contributed by atoms with Gasteiger partial charge in [0.05, 0.1) is 12.2 Å². The fourth-order valence-electron chi connectivity index (χ4n) is 2.10. The van der Waals surface area contributed by atoms with Crippen LogP contribution in [0.2, 0.25) is 0 Å². The molecule has 18 heavy (non-hydrogen) atoms. The third kappa shape index (κ3) is 1.38. The van der Waals surface area contributed by atoms with Gasteiger partial charge in [-0.2, -0.15) is 5.10 Å². The molecular formula is C10H14N8. The number of hydrogen-bond donors (Lipinski definition) is 1. The second kappa shape index (κ2) is 3.56. The highest BCUT2D eigenvalue weighted by atomic mass is 15.4. The molecular weight excluding hydrogens is 232 g/mol. The molecule has 94 valence electrons. The standard InChI is InChI=1S/C10H14N8/c1-6-8-9(17(3)15-6)18(10(11)13-8)4-7-14-12-5-16(7)2/h5H,4H2,1-3H3,(H2,11,13). The highest BCUT2D eigenvalue weighted by molar-refractivity contribution is 5.77. The molecule has 8 heteroatoms. The molecule has 3 heterocycles. The first kappa shape index (κ1) is 10.8. The number of hydrogen-bond acceptors (Lipinski definition) is 5. The van der Waals surface area contributed by atoms with E-state index in [2.05, 4.69) is 20.3 Å². The van der Waals surface area contributed by atoms with Crippen molar-refractivity contribution in [1.82, 2.24) is 34.1 Å². The predicted octanol–water partition coefficient (Wildman–Crippen LogP) is -0.163. The first-order chi connectivity index (χ1) is 8.58. The smallest absolute Gasteiger partial charge is 0.202 e. The van der Waals surface area contributed by atoms with Crippen LogP contribution in [0.4, 0.5) is 5.95 Å². The van der Waals surface area contributed by atoms with E-state index in [9.17, 15) is 0 Å². The lowest BCUT2D eigenvalue weighted by atomic mass is 10.4. The molecule has 0 bridgehead atoms. The molecule has 0 aromatic carbocycles. The Morgan fingerprint density at radius 3 is 2.78 bits per heavy atom. The minimum atomic E-state index is 0.462. The summed E-state index contributed by atoms with van der Waals surface area (Å²) in [4.78, 5) is 4.34. The lowest BCUT2D eigenvalue weighted by Crippen LogP contribution is -2.11. The van der Waals surface area contributed by atoms with E-state index in [1.807, 2.05) is 30.2 Å². The molecule has 0 radical (unpaired) electrons. The van der Waals surface area contributed by atoms with Crippen molar-refractivity contribution in [3.8, 4) is 0 Å². The van der Waals surface area contributed by atoms with E-state index in [0.717, 1.165) is 22.7 Å². The number of rotatable bonds is 2. The van der Waals surface area contributed by atoms with E-state index in [4.69, 9.17) is 5.73 Å². The molecule has 3 rings (SSSR count). The van der Waals surface area contributed by atoms with E-state index in [1.54, 1.807) is 11.0 Å². The van der Waals surface area contributed by atoms with Gasteiger partial charge in [-0.1, -0.05) is 0 Å². The monoisotopic (exact) mass is 246 g/mol. The Hall–Kier alpha value is -2.38. The maximum atomic E-state index is 5.96. The fourth-order valence-corrected chi connectivity index (χ4v) is 2.10. The van der Waals surface area contributed by atoms with Gasteiger partial charge in [0.2, 0.25) is 5.95 Å². The number of nitrogens with zero attached hydrogens (tertiary/aromatic N) is 7. The molecule has 0 fully saturated rings. The van der Waals surface area contributed by atoms with Crippen molar-refractivity contribution in [3.63, 3.8) is 0 Å². The van der Waals surface area contributed by atoms with Crippen LogP contribution in [0.1, 0.15) is 11.5 Å². The van der Waals surface area contributed by atoms with Gasteiger partial charge < -0.3 is 10.3 Å². The van der Waals surface area contributed by atoms with Gasteiger partial charge in [-0.15, -0.1) is 10.2 Å². The Balaban J connectivity index is 2.17. The van der Waals surface area contributed by atoms with Crippen LogP contribution in [-0.2, 0) is 20.6 Å². The average molecular weight is 246 g/mol. The Kier molecular flexibility index (Phi) is 2.12. The van der Waals surface area contributed by atoms with Crippen LogP contribution in [0, 0.1) is 6.92 Å². The maximum Gasteiger partial charge on any atom is 0.202 e. The summed E-state index contributed by atoms with van der Waals surface area (Å²) >= 11 is 0. The van der Waals surface area contributed by atoms with E-state index in [0.29, 0.717) is 12.5 Å². The summed E-state index contributed by atoms with van der Waals surface area (Å²) in [5, 5.41) is 12.2. The van der Waals surface area contributed by atoms with Gasteiger partial charge in [0.15, 0.2) is 11.5 Å². The van der Waals surface area contributed by atoms with Crippen molar-refractivity contribution in [2.45, 2.75) is 13.5 Å². The number of aryl methyl sites for hydroxylation is 3. The number of imidazole rings is 1. The zero-order valence-electron chi connectivity index (χ0n) is 10.5. The van der Waals surface area contributed by atoms with E-state index < -0.39 is 0 Å². The third-order valence-electron chi connectivity index (χ3n) is 3.02. The lowest BCUT2D eigenvalue weighted by Gasteiger charge is -2.05. The van der Waals surface area contributed by atoms with Crippen molar-refractivity contribution < 1.29 is 0 Å². The molecule has 3 aromatic rings. The van der Waals surface area contributed by atoms with Crippen LogP contribution < -0.4 is 5.73 Å². The minimum absolute atomic E-state index is 0.462. The van der Waals surface area contributed by atoms with Crippen molar-refractivity contribution >= 4 is 17.1 Å². The van der Waals surface area contributed by atoms with Crippen molar-refractivity contribution in [2.75, 3.05) is 5.73 Å². The number of anilines is 1. The second-order valence-electron chi connectivity index (χ2n) is 4.30. The molecule has 0 aliphatic heterocycles. The summed E-state index contributed by atoms with van der Waals surface area (Å²) in [5.41, 5.74) is 8.55. The number of nitrogen functional groups attached to an aromatic ring is 1. The number of fused-ring (bicyclic) bond motifs is 1. The molecule has 0 saturated carbocycles. The molecule has 2 N–H and O–H groups in total. The quantitative estimate of drug-likeness (QED) is 0.678. The molecule has 3 aromatic heterocycles. The Morgan fingerprint density at radius 2 is 2.11 bits per heavy atom. The average Bonchev–Trinajstić information content (AvgIpc) is 2.92. The summed E-state index contributed by atoms with van der Waals surface area (Å²) < 4.78 is 5.53. The van der Waals surface area contributed by atoms with Gasteiger partial charge >= 0.3 is 0 Å². The molecule has 8 nitrogen and oxygen atoms in total. The lowest BCUT2D eigenvalue weighted by molar-refractivity contribution is 0.683. The summed E-state index contributed by atoms with van der Waals surface area (Å²) in [6.45, 7) is 2.44. The van der Waals surface area contributed by atoms with Crippen LogP contribution in [0.25, 0.3) is 11.2 Å². The second-order valence-corrected chi connectivity index (χ2v) is 4.30. The first-order valence-electron chi connectivity index (χ1n) is 5.56. The molecule has 0 saturated heterocycles. The van der Waals surface area contributed by atoms with E-state index in [-0.39, 0.29) is 0 Å². The van der Waals surface area contributed by atoms with Crippen molar-refractivity contribution in [2.24, 2.45) is 14.1 Å². The maximum absolute atomic E-state index is 5.96. The number of nitrogens with two attached hydrogens (primary N) is 1. The molecule has 0 atom stereocenters. The molecule has 0 amide bonds. The van der Waals surface area contributed by atoms with Gasteiger partial charge in [0.1, 0.15) is 11.8 Å². The topological polar surface area (TPSA) is 92.4 Å². The normalized spacial score (nSPS) is 11.5. The zero-order chi connectivity index (χ0) is 12.9. The number of aromatic nitrogens is 7. The SMILES string of the molecule is Cc1nn(C)c2c1nc(N)n2Cc1nncn1C. The molecule has 0 unspecified atom stereocenters. The Morgan fingerprint density at radius 1 is 1.33 bits per heavy atom.